The molecular formula is C13H21N2O2+. The minimum atomic E-state index is -0.386. The van der Waals surface area contributed by atoms with Gasteiger partial charge >= 0.3 is 0 Å². The minimum absolute atomic E-state index is 0.376. The third-order valence-corrected chi connectivity index (χ3v) is 3.02. The molecule has 0 saturated carbocycles. The summed E-state index contributed by atoms with van der Waals surface area (Å²) in [7, 11) is 0. The molecule has 0 aromatic heterocycles. The number of quaternary nitrogens is 1. The Balaban J connectivity index is 1.68. The average Bonchev–Trinajstić information content (AvgIpc) is 2.39. The van der Waals surface area contributed by atoms with Crippen molar-refractivity contribution >= 4 is 0 Å². The molecule has 1 heterocycles. The van der Waals surface area contributed by atoms with E-state index in [1.54, 1.807) is 0 Å². The molecule has 0 radical (unpaired) electrons. The van der Waals surface area contributed by atoms with Crippen molar-refractivity contribution in [1.82, 2.24) is 5.32 Å². The monoisotopic (exact) mass is 237 g/mol. The van der Waals surface area contributed by atoms with Crippen LogP contribution in [0.1, 0.15) is 0 Å². The fraction of sp³-hybridized carbons (Fsp3) is 0.538. The Morgan fingerprint density at radius 1 is 1.24 bits per heavy atom. The Labute approximate surface area is 102 Å². The highest BCUT2D eigenvalue weighted by Gasteiger charge is 2.17. The lowest BCUT2D eigenvalue weighted by Crippen LogP contribution is -3.15. The lowest BCUT2D eigenvalue weighted by molar-refractivity contribution is -0.904. The predicted molar refractivity (Wildman–Crippen MR) is 66.4 cm³/mol. The highest BCUT2D eigenvalue weighted by Crippen LogP contribution is 2.08. The average molecular weight is 237 g/mol. The Kier molecular flexibility index (Phi) is 4.79. The zero-order valence-corrected chi connectivity index (χ0v) is 10.1. The summed E-state index contributed by atoms with van der Waals surface area (Å²) in [6, 6.07) is 9.63. The number of piperazine rings is 1. The van der Waals surface area contributed by atoms with Gasteiger partial charge in [-0.1, -0.05) is 18.2 Å². The van der Waals surface area contributed by atoms with Crippen LogP contribution in [0.5, 0.6) is 5.75 Å². The summed E-state index contributed by atoms with van der Waals surface area (Å²) in [5.41, 5.74) is 0. The SMILES string of the molecule is OC(COc1ccccc1)C[NH+]1CCNCC1. The summed E-state index contributed by atoms with van der Waals surface area (Å²) in [6.07, 6.45) is -0.386. The van der Waals surface area contributed by atoms with E-state index in [4.69, 9.17) is 4.74 Å². The molecule has 1 unspecified atom stereocenters. The highest BCUT2D eigenvalue weighted by atomic mass is 16.5. The van der Waals surface area contributed by atoms with Crippen LogP contribution in [-0.4, -0.2) is 50.5 Å². The minimum Gasteiger partial charge on any atom is -0.491 e. The van der Waals surface area contributed by atoms with E-state index >= 15 is 0 Å². The third kappa shape index (κ3) is 4.34. The van der Waals surface area contributed by atoms with E-state index in [1.165, 1.54) is 4.90 Å². The van der Waals surface area contributed by atoms with Gasteiger partial charge in [0.15, 0.2) is 0 Å². The summed E-state index contributed by atoms with van der Waals surface area (Å²) < 4.78 is 5.53. The van der Waals surface area contributed by atoms with Crippen LogP contribution < -0.4 is 15.0 Å². The fourth-order valence-corrected chi connectivity index (χ4v) is 2.09. The smallest absolute Gasteiger partial charge is 0.137 e. The third-order valence-electron chi connectivity index (χ3n) is 3.02. The number of para-hydroxylation sites is 1. The standard InChI is InChI=1S/C13H20N2O2/c16-12(10-15-8-6-14-7-9-15)11-17-13-4-2-1-3-5-13/h1-5,12,14,16H,6-11H2/p+1. The molecule has 0 aliphatic carbocycles. The molecule has 4 heteroatoms. The van der Waals surface area contributed by atoms with Gasteiger partial charge in [-0.05, 0) is 12.1 Å². The van der Waals surface area contributed by atoms with Gasteiger partial charge in [0.2, 0.25) is 0 Å². The second kappa shape index (κ2) is 6.59. The molecule has 1 saturated heterocycles. The number of hydrogen-bond acceptors (Lipinski definition) is 3. The number of ether oxygens (including phenoxy) is 1. The molecule has 1 aromatic carbocycles. The van der Waals surface area contributed by atoms with Gasteiger partial charge in [0.25, 0.3) is 0 Å². The van der Waals surface area contributed by atoms with Crippen molar-refractivity contribution in [3.05, 3.63) is 30.3 Å². The molecule has 1 aliphatic heterocycles. The van der Waals surface area contributed by atoms with Gasteiger partial charge in [-0.3, -0.25) is 0 Å². The van der Waals surface area contributed by atoms with Gasteiger partial charge in [-0.2, -0.15) is 0 Å². The molecule has 0 bridgehead atoms. The molecule has 1 aliphatic rings. The van der Waals surface area contributed by atoms with Crippen LogP contribution >= 0.6 is 0 Å². The first-order valence-electron chi connectivity index (χ1n) is 6.25. The van der Waals surface area contributed by atoms with Gasteiger partial charge in [-0.15, -0.1) is 0 Å². The highest BCUT2D eigenvalue weighted by molar-refractivity contribution is 5.20. The van der Waals surface area contributed by atoms with Gasteiger partial charge in [0.1, 0.15) is 25.0 Å². The maximum absolute atomic E-state index is 9.90. The molecule has 17 heavy (non-hydrogen) atoms. The second-order valence-corrected chi connectivity index (χ2v) is 4.48. The van der Waals surface area contributed by atoms with E-state index in [0.29, 0.717) is 6.61 Å². The summed E-state index contributed by atoms with van der Waals surface area (Å²) in [4.78, 5) is 1.45. The number of aliphatic hydroxyl groups is 1. The van der Waals surface area contributed by atoms with E-state index in [9.17, 15) is 5.11 Å². The van der Waals surface area contributed by atoms with E-state index < -0.39 is 0 Å². The number of aliphatic hydroxyl groups excluding tert-OH is 1. The maximum Gasteiger partial charge on any atom is 0.137 e. The van der Waals surface area contributed by atoms with Crippen molar-refractivity contribution in [2.75, 3.05) is 39.3 Å². The molecule has 1 aromatic rings. The lowest BCUT2D eigenvalue weighted by Gasteiger charge is -2.26. The van der Waals surface area contributed by atoms with Crippen molar-refractivity contribution < 1.29 is 14.7 Å². The number of nitrogens with one attached hydrogen (secondary N) is 2. The first-order chi connectivity index (χ1) is 8.34. The van der Waals surface area contributed by atoms with Crippen molar-refractivity contribution in [3.63, 3.8) is 0 Å². The van der Waals surface area contributed by atoms with Crippen molar-refractivity contribution in [1.29, 1.82) is 0 Å². The van der Waals surface area contributed by atoms with Crippen LogP contribution in [0.25, 0.3) is 0 Å². The van der Waals surface area contributed by atoms with Gasteiger partial charge in [0, 0.05) is 13.1 Å². The number of hydrogen-bond donors (Lipinski definition) is 3. The number of benzene rings is 1. The summed E-state index contributed by atoms with van der Waals surface area (Å²) in [5, 5.41) is 13.2. The van der Waals surface area contributed by atoms with Crippen LogP contribution in [0.3, 0.4) is 0 Å². The summed E-state index contributed by atoms with van der Waals surface area (Å²) >= 11 is 0. The summed E-state index contributed by atoms with van der Waals surface area (Å²) in [6.45, 7) is 5.41. The van der Waals surface area contributed by atoms with Crippen molar-refractivity contribution in [3.8, 4) is 5.75 Å². The Bertz CT molecular complexity index is 312. The molecular weight excluding hydrogens is 216 g/mol. The Morgan fingerprint density at radius 2 is 1.94 bits per heavy atom. The fourth-order valence-electron chi connectivity index (χ4n) is 2.09. The van der Waals surface area contributed by atoms with Crippen molar-refractivity contribution in [2.24, 2.45) is 0 Å². The van der Waals surface area contributed by atoms with E-state index in [-0.39, 0.29) is 6.10 Å². The molecule has 0 amide bonds. The van der Waals surface area contributed by atoms with Crippen molar-refractivity contribution in [2.45, 2.75) is 6.10 Å². The topological polar surface area (TPSA) is 45.9 Å². The first-order valence-corrected chi connectivity index (χ1v) is 6.25. The molecule has 3 N–H and O–H groups in total. The van der Waals surface area contributed by atoms with Crippen LogP contribution in [0.2, 0.25) is 0 Å². The quantitative estimate of drug-likeness (QED) is 0.610. The Morgan fingerprint density at radius 3 is 2.65 bits per heavy atom. The first kappa shape index (κ1) is 12.4. The molecule has 0 spiro atoms. The molecule has 4 nitrogen and oxygen atoms in total. The maximum atomic E-state index is 9.90. The normalized spacial score (nSPS) is 18.9. The van der Waals surface area contributed by atoms with E-state index in [1.807, 2.05) is 30.3 Å². The van der Waals surface area contributed by atoms with Crippen LogP contribution in [0, 0.1) is 0 Å². The van der Waals surface area contributed by atoms with Gasteiger partial charge < -0.3 is 20.1 Å². The predicted octanol–water partition coefficient (Wildman–Crippen LogP) is -1.09. The van der Waals surface area contributed by atoms with Crippen LogP contribution in [0.4, 0.5) is 0 Å². The molecule has 94 valence electrons. The van der Waals surface area contributed by atoms with Gasteiger partial charge in [0.05, 0.1) is 13.1 Å². The van der Waals surface area contributed by atoms with Gasteiger partial charge in [-0.25, -0.2) is 0 Å². The second-order valence-electron chi connectivity index (χ2n) is 4.48. The summed E-state index contributed by atoms with van der Waals surface area (Å²) in [5.74, 6) is 0.821. The zero-order valence-electron chi connectivity index (χ0n) is 10.1. The van der Waals surface area contributed by atoms with Crippen LogP contribution in [0.15, 0.2) is 30.3 Å². The lowest BCUT2D eigenvalue weighted by atomic mass is 10.3. The van der Waals surface area contributed by atoms with Crippen LogP contribution in [-0.2, 0) is 0 Å². The number of rotatable bonds is 5. The van der Waals surface area contributed by atoms with E-state index in [0.717, 1.165) is 38.5 Å². The largest absolute Gasteiger partial charge is 0.491 e. The zero-order chi connectivity index (χ0) is 11.9. The molecule has 2 rings (SSSR count). The van der Waals surface area contributed by atoms with E-state index in [2.05, 4.69) is 5.32 Å². The molecule has 1 atom stereocenters. The Hall–Kier alpha value is -1.10. The molecule has 1 fully saturated rings.